The lowest BCUT2D eigenvalue weighted by molar-refractivity contribution is -0.131. The Morgan fingerprint density at radius 2 is 2.00 bits per heavy atom. The molecule has 102 valence electrons. The van der Waals surface area contributed by atoms with Crippen LogP contribution in [0.25, 0.3) is 0 Å². The molecule has 0 unspecified atom stereocenters. The number of benzene rings is 1. The minimum absolute atomic E-state index is 0.0643. The van der Waals surface area contributed by atoms with E-state index in [2.05, 4.69) is 0 Å². The van der Waals surface area contributed by atoms with Crippen LogP contribution in [0.1, 0.15) is 41.6 Å². The second-order valence-electron chi connectivity index (χ2n) is 5.13. The standard InChI is InChI=1S/C15H19NO3/c1-16(13-7-2-3-8-13)14(17)10-11-5-4-6-12(9-11)15(18)19/h4-6,9,13H,2-3,7-8,10H2,1H3,(H,18,19). The van der Waals surface area contributed by atoms with Crippen molar-refractivity contribution in [3.05, 3.63) is 35.4 Å². The second kappa shape index (κ2) is 5.87. The molecule has 1 fully saturated rings. The van der Waals surface area contributed by atoms with Crippen molar-refractivity contribution in [2.24, 2.45) is 0 Å². The summed E-state index contributed by atoms with van der Waals surface area (Å²) in [6.07, 6.45) is 4.82. The summed E-state index contributed by atoms with van der Waals surface area (Å²) in [5, 5.41) is 8.93. The van der Waals surface area contributed by atoms with Gasteiger partial charge in [0.1, 0.15) is 0 Å². The number of carbonyl (C=O) groups is 2. The van der Waals surface area contributed by atoms with Gasteiger partial charge in [0.15, 0.2) is 0 Å². The van der Waals surface area contributed by atoms with Gasteiger partial charge >= 0.3 is 5.97 Å². The molecule has 0 spiro atoms. The molecule has 1 N–H and O–H groups in total. The van der Waals surface area contributed by atoms with Gasteiger partial charge in [-0.1, -0.05) is 25.0 Å². The molecule has 0 aliphatic heterocycles. The van der Waals surface area contributed by atoms with Crippen LogP contribution in [0.2, 0.25) is 0 Å². The smallest absolute Gasteiger partial charge is 0.335 e. The summed E-state index contributed by atoms with van der Waals surface area (Å²) in [5.74, 6) is -0.895. The van der Waals surface area contributed by atoms with E-state index in [-0.39, 0.29) is 17.9 Å². The molecule has 0 aromatic heterocycles. The zero-order chi connectivity index (χ0) is 13.8. The number of likely N-dealkylation sites (N-methyl/N-ethyl adjacent to an activating group) is 1. The van der Waals surface area contributed by atoms with Gasteiger partial charge in [0, 0.05) is 13.1 Å². The van der Waals surface area contributed by atoms with E-state index in [1.807, 2.05) is 11.9 Å². The first-order valence-corrected chi connectivity index (χ1v) is 6.66. The molecule has 1 aromatic rings. The molecule has 0 saturated heterocycles. The molecule has 4 heteroatoms. The molecule has 1 aliphatic rings. The van der Waals surface area contributed by atoms with Crippen molar-refractivity contribution in [1.29, 1.82) is 0 Å². The lowest BCUT2D eigenvalue weighted by atomic mass is 10.1. The van der Waals surface area contributed by atoms with E-state index < -0.39 is 5.97 Å². The van der Waals surface area contributed by atoms with Crippen LogP contribution in [0.5, 0.6) is 0 Å². The summed E-state index contributed by atoms with van der Waals surface area (Å²) in [6, 6.07) is 6.95. The van der Waals surface area contributed by atoms with E-state index >= 15 is 0 Å². The first-order valence-electron chi connectivity index (χ1n) is 6.66. The third-order valence-corrected chi connectivity index (χ3v) is 3.80. The van der Waals surface area contributed by atoms with Crippen molar-refractivity contribution >= 4 is 11.9 Å². The summed E-state index contributed by atoms with van der Waals surface area (Å²) in [6.45, 7) is 0. The maximum Gasteiger partial charge on any atom is 0.335 e. The molecule has 0 radical (unpaired) electrons. The minimum atomic E-state index is -0.960. The number of nitrogens with zero attached hydrogens (tertiary/aromatic N) is 1. The summed E-state index contributed by atoms with van der Waals surface area (Å²) in [7, 11) is 1.85. The van der Waals surface area contributed by atoms with Gasteiger partial charge in [0.25, 0.3) is 0 Å². The van der Waals surface area contributed by atoms with Gasteiger partial charge in [0.05, 0.1) is 12.0 Å². The fourth-order valence-corrected chi connectivity index (χ4v) is 2.61. The third kappa shape index (κ3) is 3.34. The van der Waals surface area contributed by atoms with Gasteiger partial charge in [-0.05, 0) is 30.5 Å². The predicted molar refractivity (Wildman–Crippen MR) is 72.1 cm³/mol. The molecule has 0 atom stereocenters. The van der Waals surface area contributed by atoms with E-state index in [0.717, 1.165) is 18.4 Å². The van der Waals surface area contributed by atoms with E-state index in [1.54, 1.807) is 18.2 Å². The third-order valence-electron chi connectivity index (χ3n) is 3.80. The van der Waals surface area contributed by atoms with Crippen molar-refractivity contribution in [3.63, 3.8) is 0 Å². The molecular formula is C15H19NO3. The zero-order valence-corrected chi connectivity index (χ0v) is 11.1. The Morgan fingerprint density at radius 3 is 2.63 bits per heavy atom. The van der Waals surface area contributed by atoms with Crippen LogP contribution in [0, 0.1) is 0 Å². The van der Waals surface area contributed by atoms with Crippen LogP contribution >= 0.6 is 0 Å². The molecule has 1 saturated carbocycles. The van der Waals surface area contributed by atoms with Gasteiger partial charge in [-0.2, -0.15) is 0 Å². The highest BCUT2D eigenvalue weighted by molar-refractivity contribution is 5.88. The topological polar surface area (TPSA) is 57.6 Å². The Morgan fingerprint density at radius 1 is 1.32 bits per heavy atom. The van der Waals surface area contributed by atoms with Crippen molar-refractivity contribution in [3.8, 4) is 0 Å². The van der Waals surface area contributed by atoms with Gasteiger partial charge < -0.3 is 10.0 Å². The average Bonchev–Trinajstić information content (AvgIpc) is 2.92. The molecule has 0 heterocycles. The average molecular weight is 261 g/mol. The first-order chi connectivity index (χ1) is 9.08. The molecule has 2 rings (SSSR count). The molecule has 19 heavy (non-hydrogen) atoms. The summed E-state index contributed by atoms with van der Waals surface area (Å²) in [5.41, 5.74) is 0.989. The van der Waals surface area contributed by atoms with E-state index in [0.29, 0.717) is 6.04 Å². The number of amides is 1. The van der Waals surface area contributed by atoms with Crippen LogP contribution in [0.3, 0.4) is 0 Å². The van der Waals surface area contributed by atoms with Crippen molar-refractivity contribution in [2.75, 3.05) is 7.05 Å². The quantitative estimate of drug-likeness (QED) is 0.905. The number of carboxylic acid groups (broad SMARTS) is 1. The highest BCUT2D eigenvalue weighted by Crippen LogP contribution is 2.23. The highest BCUT2D eigenvalue weighted by Gasteiger charge is 2.23. The summed E-state index contributed by atoms with van der Waals surface area (Å²) in [4.78, 5) is 24.9. The van der Waals surface area contributed by atoms with Gasteiger partial charge in [-0.15, -0.1) is 0 Å². The maximum atomic E-state index is 12.2. The Balaban J connectivity index is 2.01. The van der Waals surface area contributed by atoms with Crippen molar-refractivity contribution in [1.82, 2.24) is 4.90 Å². The van der Waals surface area contributed by atoms with Gasteiger partial charge in [0.2, 0.25) is 5.91 Å². The van der Waals surface area contributed by atoms with Crippen LogP contribution < -0.4 is 0 Å². The van der Waals surface area contributed by atoms with Crippen LogP contribution in [-0.2, 0) is 11.2 Å². The number of rotatable bonds is 4. The summed E-state index contributed by atoms with van der Waals surface area (Å²) < 4.78 is 0. The number of hydrogen-bond donors (Lipinski definition) is 1. The largest absolute Gasteiger partial charge is 0.478 e. The molecule has 1 aromatic carbocycles. The first kappa shape index (κ1) is 13.6. The predicted octanol–water partition coefficient (Wildman–Crippen LogP) is 2.33. The Bertz CT molecular complexity index is 478. The number of hydrogen-bond acceptors (Lipinski definition) is 2. The minimum Gasteiger partial charge on any atom is -0.478 e. The SMILES string of the molecule is CN(C(=O)Cc1cccc(C(=O)O)c1)C1CCCC1. The number of carbonyl (C=O) groups excluding carboxylic acids is 1. The molecule has 1 aliphatic carbocycles. The van der Waals surface area contributed by atoms with Crippen molar-refractivity contribution < 1.29 is 14.7 Å². The van der Waals surface area contributed by atoms with E-state index in [1.165, 1.54) is 18.9 Å². The lowest BCUT2D eigenvalue weighted by Crippen LogP contribution is -2.36. The Labute approximate surface area is 113 Å². The Kier molecular flexibility index (Phi) is 4.20. The molecule has 4 nitrogen and oxygen atoms in total. The lowest BCUT2D eigenvalue weighted by Gasteiger charge is -2.24. The van der Waals surface area contributed by atoms with Crippen molar-refractivity contribution in [2.45, 2.75) is 38.1 Å². The fourth-order valence-electron chi connectivity index (χ4n) is 2.61. The van der Waals surface area contributed by atoms with Crippen LogP contribution in [0.4, 0.5) is 0 Å². The second-order valence-corrected chi connectivity index (χ2v) is 5.13. The molecular weight excluding hydrogens is 242 g/mol. The Hall–Kier alpha value is -1.84. The van der Waals surface area contributed by atoms with Crippen LogP contribution in [-0.4, -0.2) is 35.0 Å². The summed E-state index contributed by atoms with van der Waals surface area (Å²) >= 11 is 0. The maximum absolute atomic E-state index is 12.2. The zero-order valence-electron chi connectivity index (χ0n) is 11.1. The molecule has 1 amide bonds. The van der Waals surface area contributed by atoms with Gasteiger partial charge in [-0.25, -0.2) is 4.79 Å². The fraction of sp³-hybridized carbons (Fsp3) is 0.467. The highest BCUT2D eigenvalue weighted by atomic mass is 16.4. The van der Waals surface area contributed by atoms with Gasteiger partial charge in [-0.3, -0.25) is 4.79 Å². The van der Waals surface area contributed by atoms with E-state index in [9.17, 15) is 9.59 Å². The monoisotopic (exact) mass is 261 g/mol. The number of carboxylic acids is 1. The normalized spacial score (nSPS) is 15.4. The van der Waals surface area contributed by atoms with E-state index in [4.69, 9.17) is 5.11 Å². The molecule has 0 bridgehead atoms. The number of aromatic carboxylic acids is 1. The van der Waals surface area contributed by atoms with Crippen LogP contribution in [0.15, 0.2) is 24.3 Å².